The number of aromatic nitrogens is 2. The number of halogens is 1. The van der Waals surface area contributed by atoms with Crippen molar-refractivity contribution in [2.45, 2.75) is 6.54 Å². The van der Waals surface area contributed by atoms with Crippen LogP contribution >= 0.6 is 15.9 Å². The second-order valence-electron chi connectivity index (χ2n) is 3.93. The molecule has 6 nitrogen and oxygen atoms in total. The summed E-state index contributed by atoms with van der Waals surface area (Å²) in [7, 11) is 0. The molecule has 2 heterocycles. The summed E-state index contributed by atoms with van der Waals surface area (Å²) in [6.45, 7) is 0.601. The zero-order valence-corrected chi connectivity index (χ0v) is 11.0. The molecule has 1 aliphatic rings. The number of anilines is 3. The summed E-state index contributed by atoms with van der Waals surface area (Å²) in [6.07, 6.45) is 0. The number of nitrogens with two attached hydrogens (primary N) is 1. The second kappa shape index (κ2) is 4.43. The van der Waals surface area contributed by atoms with Crippen molar-refractivity contribution in [1.29, 1.82) is 0 Å². The van der Waals surface area contributed by atoms with Gasteiger partial charge in [0.05, 0.1) is 23.6 Å². The summed E-state index contributed by atoms with van der Waals surface area (Å²) in [5, 5.41) is 9.84. The van der Waals surface area contributed by atoms with Gasteiger partial charge in [0.2, 0.25) is 0 Å². The number of nitrogens with one attached hydrogen (secondary N) is 2. The lowest BCUT2D eigenvalue weighted by Gasteiger charge is -2.17. The van der Waals surface area contributed by atoms with Crippen molar-refractivity contribution in [3.63, 3.8) is 0 Å². The third-order valence-corrected chi connectivity index (χ3v) is 3.13. The zero-order chi connectivity index (χ0) is 12.5. The zero-order valence-electron chi connectivity index (χ0n) is 9.39. The summed E-state index contributed by atoms with van der Waals surface area (Å²) in [4.78, 5) is 0. The van der Waals surface area contributed by atoms with Crippen molar-refractivity contribution in [3.05, 3.63) is 40.5 Å². The summed E-state index contributed by atoms with van der Waals surface area (Å²) in [5.41, 5.74) is 14.6. The summed E-state index contributed by atoms with van der Waals surface area (Å²) >= 11 is 3.46. The van der Waals surface area contributed by atoms with Crippen LogP contribution in [0.4, 0.5) is 17.2 Å². The van der Waals surface area contributed by atoms with E-state index in [9.17, 15) is 0 Å². The predicted octanol–water partition coefficient (Wildman–Crippen LogP) is 1.67. The van der Waals surface area contributed by atoms with Gasteiger partial charge in [0.1, 0.15) is 5.82 Å². The summed E-state index contributed by atoms with van der Waals surface area (Å²) in [5.74, 6) is 0.425. The first kappa shape index (κ1) is 11.2. The van der Waals surface area contributed by atoms with Gasteiger partial charge in [-0.2, -0.15) is 5.10 Å². The Morgan fingerprint density at radius 3 is 2.89 bits per heavy atom. The summed E-state index contributed by atoms with van der Waals surface area (Å²) < 4.78 is 1.03. The Kier molecular flexibility index (Phi) is 2.77. The maximum absolute atomic E-state index is 5.51. The molecule has 0 radical (unpaired) electrons. The number of nitrogen functional groups attached to an aromatic ring is 1. The molecule has 1 aromatic heterocycles. The third kappa shape index (κ3) is 2.09. The van der Waals surface area contributed by atoms with Gasteiger partial charge in [-0.15, -0.1) is 10.6 Å². The maximum atomic E-state index is 5.51. The first-order valence-electron chi connectivity index (χ1n) is 5.39. The minimum atomic E-state index is 0.425. The number of hydrazine groups is 2. The molecule has 0 amide bonds. The van der Waals surface area contributed by atoms with Gasteiger partial charge < -0.3 is 11.2 Å². The van der Waals surface area contributed by atoms with Crippen LogP contribution in [0.25, 0.3) is 0 Å². The van der Waals surface area contributed by atoms with Crippen LogP contribution in [0.15, 0.2) is 34.8 Å². The Morgan fingerprint density at radius 1 is 1.22 bits per heavy atom. The minimum Gasteiger partial charge on any atom is -0.382 e. The molecule has 1 aliphatic heterocycles. The van der Waals surface area contributed by atoms with Crippen LogP contribution in [0.3, 0.4) is 0 Å². The Labute approximate surface area is 112 Å². The van der Waals surface area contributed by atoms with Gasteiger partial charge in [0.15, 0.2) is 0 Å². The van der Waals surface area contributed by atoms with E-state index >= 15 is 0 Å². The molecule has 2 aromatic rings. The largest absolute Gasteiger partial charge is 0.382 e. The van der Waals surface area contributed by atoms with E-state index in [2.05, 4.69) is 37.1 Å². The van der Waals surface area contributed by atoms with Gasteiger partial charge in [-0.1, -0.05) is 15.9 Å². The molecule has 0 fully saturated rings. The SMILES string of the molecule is Nc1ccc(CN2NNc3ccc(Br)cc32)nn1. The minimum absolute atomic E-state index is 0.425. The van der Waals surface area contributed by atoms with Crippen LogP contribution in [-0.2, 0) is 6.54 Å². The Balaban J connectivity index is 1.84. The molecule has 0 unspecified atom stereocenters. The fourth-order valence-corrected chi connectivity index (χ4v) is 2.11. The number of benzene rings is 1. The maximum Gasteiger partial charge on any atom is 0.146 e. The average Bonchev–Trinajstić information content (AvgIpc) is 2.75. The molecule has 0 atom stereocenters. The Bertz CT molecular complexity index is 570. The fourth-order valence-electron chi connectivity index (χ4n) is 1.76. The van der Waals surface area contributed by atoms with E-state index in [1.807, 2.05) is 29.3 Å². The van der Waals surface area contributed by atoms with Gasteiger partial charge in [0.25, 0.3) is 0 Å². The highest BCUT2D eigenvalue weighted by atomic mass is 79.9. The molecule has 0 saturated carbocycles. The van der Waals surface area contributed by atoms with Crippen LogP contribution < -0.4 is 21.7 Å². The van der Waals surface area contributed by atoms with E-state index in [-0.39, 0.29) is 0 Å². The van der Waals surface area contributed by atoms with Gasteiger partial charge in [-0.3, -0.25) is 5.01 Å². The van der Waals surface area contributed by atoms with Crippen LogP contribution in [0.2, 0.25) is 0 Å². The molecule has 18 heavy (non-hydrogen) atoms. The molecule has 0 bridgehead atoms. The first-order chi connectivity index (χ1) is 8.72. The quantitative estimate of drug-likeness (QED) is 0.783. The Hall–Kier alpha value is -1.86. The molecular weight excluding hydrogens is 296 g/mol. The number of hydrogen-bond acceptors (Lipinski definition) is 6. The van der Waals surface area contributed by atoms with Gasteiger partial charge in [-0.05, 0) is 30.3 Å². The highest BCUT2D eigenvalue weighted by Crippen LogP contribution is 2.32. The van der Waals surface area contributed by atoms with E-state index in [1.54, 1.807) is 6.07 Å². The van der Waals surface area contributed by atoms with Crippen LogP contribution in [0.1, 0.15) is 5.69 Å². The fraction of sp³-hybridized carbons (Fsp3) is 0.0909. The van der Waals surface area contributed by atoms with Crippen LogP contribution in [-0.4, -0.2) is 10.2 Å². The van der Waals surface area contributed by atoms with Crippen molar-refractivity contribution >= 4 is 33.1 Å². The van der Waals surface area contributed by atoms with Crippen molar-refractivity contribution in [2.75, 3.05) is 16.2 Å². The highest BCUT2D eigenvalue weighted by molar-refractivity contribution is 9.10. The lowest BCUT2D eigenvalue weighted by molar-refractivity contribution is 0.704. The summed E-state index contributed by atoms with van der Waals surface area (Å²) in [6, 6.07) is 9.63. The number of hydrogen-bond donors (Lipinski definition) is 3. The van der Waals surface area contributed by atoms with Crippen molar-refractivity contribution in [2.24, 2.45) is 0 Å². The van der Waals surface area contributed by atoms with E-state index in [4.69, 9.17) is 5.73 Å². The monoisotopic (exact) mass is 306 g/mol. The van der Waals surface area contributed by atoms with Crippen molar-refractivity contribution in [1.82, 2.24) is 15.7 Å². The smallest absolute Gasteiger partial charge is 0.146 e. The molecule has 92 valence electrons. The molecule has 0 aliphatic carbocycles. The Morgan fingerprint density at radius 2 is 2.11 bits per heavy atom. The topological polar surface area (TPSA) is 79.1 Å². The molecule has 4 N–H and O–H groups in total. The number of nitrogens with zero attached hydrogens (tertiary/aromatic N) is 3. The van der Waals surface area contributed by atoms with Crippen LogP contribution in [0.5, 0.6) is 0 Å². The van der Waals surface area contributed by atoms with E-state index in [1.165, 1.54) is 0 Å². The average molecular weight is 307 g/mol. The number of fused-ring (bicyclic) bond motifs is 1. The molecular formula is C11H11BrN6. The molecule has 1 aromatic carbocycles. The lowest BCUT2D eigenvalue weighted by atomic mass is 10.2. The second-order valence-corrected chi connectivity index (χ2v) is 4.85. The normalized spacial score (nSPS) is 13.3. The molecule has 3 rings (SSSR count). The third-order valence-electron chi connectivity index (χ3n) is 2.64. The van der Waals surface area contributed by atoms with E-state index < -0.39 is 0 Å². The molecule has 7 heteroatoms. The van der Waals surface area contributed by atoms with Gasteiger partial charge in [0, 0.05) is 4.47 Å². The van der Waals surface area contributed by atoms with Gasteiger partial charge >= 0.3 is 0 Å². The van der Waals surface area contributed by atoms with Crippen molar-refractivity contribution < 1.29 is 0 Å². The van der Waals surface area contributed by atoms with Crippen molar-refractivity contribution in [3.8, 4) is 0 Å². The first-order valence-corrected chi connectivity index (χ1v) is 6.18. The van der Waals surface area contributed by atoms with Crippen LogP contribution in [0, 0.1) is 0 Å². The lowest BCUT2D eigenvalue weighted by Crippen LogP contribution is -2.35. The molecule has 0 spiro atoms. The standard InChI is InChI=1S/C11H11BrN6/c12-7-1-3-9-10(5-7)18(17-15-9)6-8-2-4-11(13)16-14-8/h1-5,15,17H,6H2,(H2,13,16). The predicted molar refractivity (Wildman–Crippen MR) is 73.5 cm³/mol. The highest BCUT2D eigenvalue weighted by Gasteiger charge is 2.19. The van der Waals surface area contributed by atoms with E-state index in [0.29, 0.717) is 12.4 Å². The number of rotatable bonds is 2. The molecule has 0 saturated heterocycles. The van der Waals surface area contributed by atoms with Gasteiger partial charge in [-0.25, -0.2) is 0 Å². The van der Waals surface area contributed by atoms with E-state index in [0.717, 1.165) is 21.5 Å².